The van der Waals surface area contributed by atoms with Crippen LogP contribution in [-0.2, 0) is 4.79 Å². The summed E-state index contributed by atoms with van der Waals surface area (Å²) >= 11 is 0. The van der Waals surface area contributed by atoms with E-state index in [1.807, 2.05) is 37.3 Å². The Labute approximate surface area is 103 Å². The summed E-state index contributed by atoms with van der Waals surface area (Å²) in [5, 5.41) is 13.1. The van der Waals surface area contributed by atoms with E-state index in [-0.39, 0.29) is 5.91 Å². The summed E-state index contributed by atoms with van der Waals surface area (Å²) in [6, 6.07) is 9.27. The summed E-state index contributed by atoms with van der Waals surface area (Å²) < 4.78 is 0. The van der Waals surface area contributed by atoms with E-state index >= 15 is 0 Å². The quantitative estimate of drug-likeness (QED) is 0.822. The molecule has 1 amide bonds. The fourth-order valence-electron chi connectivity index (χ4n) is 1.64. The molecule has 1 aromatic rings. The molecule has 0 aliphatic carbocycles. The van der Waals surface area contributed by atoms with Gasteiger partial charge in [-0.25, -0.2) is 0 Å². The number of benzene rings is 1. The predicted octanol–water partition coefficient (Wildman–Crippen LogP) is 2.27. The van der Waals surface area contributed by atoms with Gasteiger partial charge in [0.2, 0.25) is 5.91 Å². The van der Waals surface area contributed by atoms with Crippen LogP contribution in [0.4, 0.5) is 0 Å². The van der Waals surface area contributed by atoms with Gasteiger partial charge < -0.3 is 10.4 Å². The van der Waals surface area contributed by atoms with Crippen molar-refractivity contribution in [3.05, 3.63) is 35.9 Å². The molecule has 17 heavy (non-hydrogen) atoms. The molecule has 3 heteroatoms. The average Bonchev–Trinajstić information content (AvgIpc) is 2.35. The molecule has 0 saturated carbocycles. The van der Waals surface area contributed by atoms with E-state index in [0.29, 0.717) is 6.54 Å². The highest BCUT2D eigenvalue weighted by Crippen LogP contribution is 2.33. The molecule has 0 bridgehead atoms. The molecular formula is C14H21NO2. The molecule has 1 atom stereocenters. The Morgan fingerprint density at radius 1 is 1.35 bits per heavy atom. The minimum Gasteiger partial charge on any atom is -0.387 e. The van der Waals surface area contributed by atoms with Crippen LogP contribution in [0.15, 0.2) is 30.3 Å². The third-order valence-corrected chi connectivity index (χ3v) is 2.92. The van der Waals surface area contributed by atoms with Crippen molar-refractivity contribution in [3.63, 3.8) is 0 Å². The van der Waals surface area contributed by atoms with Gasteiger partial charge in [0.05, 0.1) is 11.5 Å². The summed E-state index contributed by atoms with van der Waals surface area (Å²) in [5.74, 6) is -0.115. The molecule has 3 nitrogen and oxygen atoms in total. The van der Waals surface area contributed by atoms with E-state index in [9.17, 15) is 9.90 Å². The van der Waals surface area contributed by atoms with E-state index in [0.717, 1.165) is 12.0 Å². The van der Waals surface area contributed by atoms with Crippen LogP contribution in [0.5, 0.6) is 0 Å². The van der Waals surface area contributed by atoms with Gasteiger partial charge in [-0.2, -0.15) is 0 Å². The smallest absolute Gasteiger partial charge is 0.228 e. The second-order valence-electron chi connectivity index (χ2n) is 4.79. The molecule has 0 fully saturated rings. The molecule has 2 N–H and O–H groups in total. The number of hydrogen-bond donors (Lipinski definition) is 2. The molecule has 94 valence electrons. The molecule has 0 spiro atoms. The zero-order valence-corrected chi connectivity index (χ0v) is 10.7. The van der Waals surface area contributed by atoms with E-state index in [4.69, 9.17) is 0 Å². The van der Waals surface area contributed by atoms with Gasteiger partial charge in [-0.15, -0.1) is 0 Å². The van der Waals surface area contributed by atoms with Gasteiger partial charge in [0.1, 0.15) is 0 Å². The van der Waals surface area contributed by atoms with E-state index in [1.54, 1.807) is 13.8 Å². The topological polar surface area (TPSA) is 49.3 Å². The fraction of sp³-hybridized carbons (Fsp3) is 0.500. The van der Waals surface area contributed by atoms with Crippen molar-refractivity contribution >= 4 is 5.91 Å². The highest BCUT2D eigenvalue weighted by Gasteiger charge is 2.36. The molecule has 1 rings (SSSR count). The number of amides is 1. The molecule has 0 radical (unpaired) electrons. The summed E-state index contributed by atoms with van der Waals surface area (Å²) in [6.45, 7) is 6.16. The molecule has 0 saturated heterocycles. The van der Waals surface area contributed by atoms with Crippen LogP contribution in [0, 0.1) is 5.41 Å². The Hall–Kier alpha value is -1.35. The van der Waals surface area contributed by atoms with Crippen LogP contribution >= 0.6 is 0 Å². The van der Waals surface area contributed by atoms with Crippen molar-refractivity contribution in [2.24, 2.45) is 5.41 Å². The second-order valence-corrected chi connectivity index (χ2v) is 4.79. The summed E-state index contributed by atoms with van der Waals surface area (Å²) in [7, 11) is 0. The lowest BCUT2D eigenvalue weighted by molar-refractivity contribution is -0.135. The van der Waals surface area contributed by atoms with Gasteiger partial charge in [0.25, 0.3) is 0 Å². The molecule has 1 aromatic carbocycles. The Bertz CT molecular complexity index is 360. The van der Waals surface area contributed by atoms with Crippen LogP contribution in [0.2, 0.25) is 0 Å². The third kappa shape index (κ3) is 3.30. The first-order chi connectivity index (χ1) is 8.00. The van der Waals surface area contributed by atoms with Gasteiger partial charge in [-0.1, -0.05) is 37.3 Å². The number of carbonyl (C=O) groups excluding carboxylic acids is 1. The molecule has 0 heterocycles. The fourth-order valence-corrected chi connectivity index (χ4v) is 1.64. The Morgan fingerprint density at radius 3 is 2.47 bits per heavy atom. The van der Waals surface area contributed by atoms with Crippen molar-refractivity contribution in [1.29, 1.82) is 0 Å². The maximum atomic E-state index is 12.0. The second kappa shape index (κ2) is 5.82. The number of hydrogen-bond acceptors (Lipinski definition) is 2. The Balaban J connectivity index is 2.79. The first-order valence-corrected chi connectivity index (χ1v) is 6.01. The Morgan fingerprint density at radius 2 is 1.94 bits per heavy atom. The zero-order valence-electron chi connectivity index (χ0n) is 10.7. The van der Waals surface area contributed by atoms with E-state index in [1.165, 1.54) is 0 Å². The first-order valence-electron chi connectivity index (χ1n) is 6.01. The van der Waals surface area contributed by atoms with Gasteiger partial charge in [-0.05, 0) is 25.8 Å². The van der Waals surface area contributed by atoms with Crippen LogP contribution in [-0.4, -0.2) is 17.6 Å². The largest absolute Gasteiger partial charge is 0.387 e. The average molecular weight is 235 g/mol. The van der Waals surface area contributed by atoms with Crippen LogP contribution < -0.4 is 5.32 Å². The van der Waals surface area contributed by atoms with E-state index < -0.39 is 11.5 Å². The number of aliphatic hydroxyl groups is 1. The lowest BCUT2D eigenvalue weighted by Gasteiger charge is -2.29. The van der Waals surface area contributed by atoms with Crippen molar-refractivity contribution in [2.45, 2.75) is 33.3 Å². The lowest BCUT2D eigenvalue weighted by atomic mass is 9.81. The monoisotopic (exact) mass is 235 g/mol. The molecule has 0 aromatic heterocycles. The third-order valence-electron chi connectivity index (χ3n) is 2.92. The minimum absolute atomic E-state index is 0.115. The first kappa shape index (κ1) is 13.7. The minimum atomic E-state index is -0.823. The van der Waals surface area contributed by atoms with Crippen LogP contribution in [0.3, 0.4) is 0 Å². The standard InChI is InChI=1S/C14H21NO2/c1-4-10-15-13(17)14(2,3)12(16)11-8-6-5-7-9-11/h5-9,12,16H,4,10H2,1-3H3,(H,15,17). The Kier molecular flexibility index (Phi) is 4.70. The van der Waals surface area contributed by atoms with Crippen molar-refractivity contribution in [1.82, 2.24) is 5.32 Å². The maximum Gasteiger partial charge on any atom is 0.228 e. The molecular weight excluding hydrogens is 214 g/mol. The summed E-state index contributed by atoms with van der Waals surface area (Å²) in [4.78, 5) is 12.0. The van der Waals surface area contributed by atoms with Gasteiger partial charge in [-0.3, -0.25) is 4.79 Å². The van der Waals surface area contributed by atoms with Gasteiger partial charge in [0, 0.05) is 6.54 Å². The summed E-state index contributed by atoms with van der Waals surface area (Å²) in [6.07, 6.45) is 0.101. The number of rotatable bonds is 5. The van der Waals surface area contributed by atoms with Crippen LogP contribution in [0.1, 0.15) is 38.9 Å². The van der Waals surface area contributed by atoms with Crippen molar-refractivity contribution in [3.8, 4) is 0 Å². The number of carbonyl (C=O) groups is 1. The maximum absolute atomic E-state index is 12.0. The summed E-state index contributed by atoms with van der Waals surface area (Å²) in [5.41, 5.74) is -0.0552. The highest BCUT2D eigenvalue weighted by molar-refractivity contribution is 5.82. The lowest BCUT2D eigenvalue weighted by Crippen LogP contribution is -2.41. The number of aliphatic hydroxyl groups excluding tert-OH is 1. The predicted molar refractivity (Wildman–Crippen MR) is 68.5 cm³/mol. The van der Waals surface area contributed by atoms with Gasteiger partial charge in [0.15, 0.2) is 0 Å². The SMILES string of the molecule is CCCNC(=O)C(C)(C)C(O)c1ccccc1. The normalized spacial score (nSPS) is 13.2. The highest BCUT2D eigenvalue weighted by atomic mass is 16.3. The van der Waals surface area contributed by atoms with Crippen LogP contribution in [0.25, 0.3) is 0 Å². The molecule has 1 unspecified atom stereocenters. The van der Waals surface area contributed by atoms with Gasteiger partial charge >= 0.3 is 0 Å². The number of nitrogens with one attached hydrogen (secondary N) is 1. The molecule has 0 aliphatic rings. The zero-order chi connectivity index (χ0) is 12.9. The van der Waals surface area contributed by atoms with Crippen molar-refractivity contribution in [2.75, 3.05) is 6.54 Å². The van der Waals surface area contributed by atoms with E-state index in [2.05, 4.69) is 5.32 Å². The van der Waals surface area contributed by atoms with Crippen molar-refractivity contribution < 1.29 is 9.90 Å². The molecule has 0 aliphatic heterocycles.